The van der Waals surface area contributed by atoms with Crippen LogP contribution in [0.25, 0.3) is 0 Å². The molecule has 0 radical (unpaired) electrons. The number of sulfonamides is 1. The first-order valence-corrected chi connectivity index (χ1v) is 8.72. The molecule has 1 aromatic carbocycles. The van der Waals surface area contributed by atoms with Crippen LogP contribution in [0.4, 0.5) is 5.69 Å². The summed E-state index contributed by atoms with van der Waals surface area (Å²) in [6, 6.07) is 3.05. The van der Waals surface area contributed by atoms with E-state index in [1.165, 1.54) is 10.4 Å². The van der Waals surface area contributed by atoms with Gasteiger partial charge in [0.15, 0.2) is 0 Å². The number of hydrogen-bond acceptors (Lipinski definition) is 4. The molecule has 0 aliphatic heterocycles. The van der Waals surface area contributed by atoms with Gasteiger partial charge < -0.3 is 10.6 Å². The summed E-state index contributed by atoms with van der Waals surface area (Å²) in [5.41, 5.74) is 6.65. The molecule has 0 amide bonds. The van der Waals surface area contributed by atoms with E-state index in [9.17, 15) is 8.42 Å². The first-order chi connectivity index (χ1) is 9.70. The van der Waals surface area contributed by atoms with Gasteiger partial charge >= 0.3 is 0 Å². The number of nitrogens with zero attached hydrogens (tertiary/aromatic N) is 2. The molecule has 21 heavy (non-hydrogen) atoms. The summed E-state index contributed by atoms with van der Waals surface area (Å²) in [6.07, 6.45) is 0.759. The van der Waals surface area contributed by atoms with Gasteiger partial charge in [0.1, 0.15) is 0 Å². The molecule has 0 fully saturated rings. The van der Waals surface area contributed by atoms with Crippen molar-refractivity contribution in [1.29, 1.82) is 0 Å². The van der Waals surface area contributed by atoms with E-state index in [1.54, 1.807) is 13.0 Å². The van der Waals surface area contributed by atoms with Crippen molar-refractivity contribution in [2.24, 2.45) is 0 Å². The second-order valence-electron chi connectivity index (χ2n) is 5.35. The highest BCUT2D eigenvalue weighted by Gasteiger charge is 2.26. The van der Waals surface area contributed by atoms with Gasteiger partial charge in [0.2, 0.25) is 10.0 Å². The number of nitrogen functional groups attached to an aromatic ring is 1. The molecule has 0 aromatic heterocycles. The van der Waals surface area contributed by atoms with Crippen LogP contribution in [0.15, 0.2) is 17.0 Å². The molecule has 0 spiro atoms. The molecule has 120 valence electrons. The van der Waals surface area contributed by atoms with E-state index >= 15 is 0 Å². The zero-order valence-corrected chi connectivity index (χ0v) is 14.6. The predicted octanol–water partition coefficient (Wildman–Crippen LogP) is 2.19. The SMILES string of the molecule is CCCN(CCN(C)C)S(=O)(=O)c1cc(N)c(Cl)cc1C. The van der Waals surface area contributed by atoms with Crippen LogP contribution in [-0.2, 0) is 10.0 Å². The van der Waals surface area contributed by atoms with Crippen LogP contribution < -0.4 is 5.73 Å². The summed E-state index contributed by atoms with van der Waals surface area (Å²) in [6.45, 7) is 5.29. The number of anilines is 1. The topological polar surface area (TPSA) is 66.6 Å². The van der Waals surface area contributed by atoms with E-state index in [1.807, 2.05) is 25.9 Å². The zero-order valence-electron chi connectivity index (χ0n) is 13.1. The Balaban J connectivity index is 3.19. The monoisotopic (exact) mass is 333 g/mol. The highest BCUT2D eigenvalue weighted by atomic mass is 35.5. The highest BCUT2D eigenvalue weighted by molar-refractivity contribution is 7.89. The predicted molar refractivity (Wildman–Crippen MR) is 88.2 cm³/mol. The van der Waals surface area contributed by atoms with Crippen molar-refractivity contribution < 1.29 is 8.42 Å². The summed E-state index contributed by atoms with van der Waals surface area (Å²) >= 11 is 5.94. The maximum Gasteiger partial charge on any atom is 0.243 e. The van der Waals surface area contributed by atoms with Crippen molar-refractivity contribution in [3.63, 3.8) is 0 Å². The molecular weight excluding hydrogens is 310 g/mol. The van der Waals surface area contributed by atoms with Crippen LogP contribution >= 0.6 is 11.6 Å². The molecule has 5 nitrogen and oxygen atoms in total. The maximum absolute atomic E-state index is 12.8. The number of likely N-dealkylation sites (N-methyl/N-ethyl adjacent to an activating group) is 1. The van der Waals surface area contributed by atoms with Crippen LogP contribution in [0, 0.1) is 6.92 Å². The molecule has 0 saturated carbocycles. The van der Waals surface area contributed by atoms with Gasteiger partial charge in [-0.25, -0.2) is 8.42 Å². The average molecular weight is 334 g/mol. The van der Waals surface area contributed by atoms with Crippen LogP contribution in [0.1, 0.15) is 18.9 Å². The van der Waals surface area contributed by atoms with Crippen LogP contribution in [-0.4, -0.2) is 51.4 Å². The minimum absolute atomic E-state index is 0.233. The Morgan fingerprint density at radius 3 is 2.33 bits per heavy atom. The van der Waals surface area contributed by atoms with Crippen LogP contribution in [0.3, 0.4) is 0 Å². The molecule has 0 aliphatic rings. The normalized spacial score (nSPS) is 12.3. The standard InChI is InChI=1S/C14H24ClN3O2S/c1-5-6-18(8-7-17(3)4)21(19,20)14-10-13(16)12(15)9-11(14)2/h9-10H,5-8,16H2,1-4H3. The van der Waals surface area contributed by atoms with Crippen molar-refractivity contribution in [2.75, 3.05) is 39.5 Å². The van der Waals surface area contributed by atoms with Gasteiger partial charge in [-0.15, -0.1) is 0 Å². The average Bonchev–Trinajstić information content (AvgIpc) is 2.38. The second-order valence-corrected chi connectivity index (χ2v) is 7.66. The molecule has 0 heterocycles. The fourth-order valence-electron chi connectivity index (χ4n) is 2.00. The number of halogens is 1. The molecule has 7 heteroatoms. The lowest BCUT2D eigenvalue weighted by Gasteiger charge is -2.24. The fourth-order valence-corrected chi connectivity index (χ4v) is 3.98. The summed E-state index contributed by atoms with van der Waals surface area (Å²) in [7, 11) is 0.277. The Morgan fingerprint density at radius 2 is 1.81 bits per heavy atom. The Hall–Kier alpha value is -0.820. The van der Waals surface area contributed by atoms with Crippen molar-refractivity contribution in [3.05, 3.63) is 22.7 Å². The summed E-state index contributed by atoms with van der Waals surface area (Å²) in [5.74, 6) is 0. The van der Waals surface area contributed by atoms with Gasteiger partial charge in [-0.05, 0) is 45.1 Å². The molecule has 1 aromatic rings. The van der Waals surface area contributed by atoms with E-state index in [0.29, 0.717) is 30.2 Å². The van der Waals surface area contributed by atoms with Gasteiger partial charge in [-0.3, -0.25) is 0 Å². The van der Waals surface area contributed by atoms with Crippen molar-refractivity contribution in [1.82, 2.24) is 9.21 Å². The Bertz CT molecular complexity index is 588. The van der Waals surface area contributed by atoms with Crippen LogP contribution in [0.2, 0.25) is 5.02 Å². The molecule has 0 atom stereocenters. The Labute approximate surface area is 132 Å². The van der Waals surface area contributed by atoms with Crippen LogP contribution in [0.5, 0.6) is 0 Å². The first-order valence-electron chi connectivity index (χ1n) is 6.90. The van der Waals surface area contributed by atoms with Gasteiger partial charge in [-0.1, -0.05) is 18.5 Å². The van der Waals surface area contributed by atoms with E-state index in [0.717, 1.165) is 6.42 Å². The first kappa shape index (κ1) is 18.2. The molecule has 0 aliphatic carbocycles. The van der Waals surface area contributed by atoms with Crippen molar-refractivity contribution >= 4 is 27.3 Å². The number of nitrogens with two attached hydrogens (primary N) is 1. The molecule has 1 rings (SSSR count). The number of benzene rings is 1. The Morgan fingerprint density at radius 1 is 1.19 bits per heavy atom. The number of aryl methyl sites for hydroxylation is 1. The van der Waals surface area contributed by atoms with Gasteiger partial charge in [-0.2, -0.15) is 4.31 Å². The lowest BCUT2D eigenvalue weighted by Crippen LogP contribution is -2.37. The second kappa shape index (κ2) is 7.45. The molecule has 0 unspecified atom stereocenters. The minimum Gasteiger partial charge on any atom is -0.397 e. The fraction of sp³-hybridized carbons (Fsp3) is 0.571. The maximum atomic E-state index is 12.8. The number of hydrogen-bond donors (Lipinski definition) is 1. The van der Waals surface area contributed by atoms with Gasteiger partial charge in [0.25, 0.3) is 0 Å². The molecule has 2 N–H and O–H groups in total. The third-order valence-electron chi connectivity index (χ3n) is 3.18. The lowest BCUT2D eigenvalue weighted by atomic mass is 10.2. The van der Waals surface area contributed by atoms with E-state index in [-0.39, 0.29) is 10.6 Å². The van der Waals surface area contributed by atoms with E-state index in [2.05, 4.69) is 0 Å². The summed E-state index contributed by atoms with van der Waals surface area (Å²) in [4.78, 5) is 2.19. The third kappa shape index (κ3) is 4.57. The lowest BCUT2D eigenvalue weighted by molar-refractivity contribution is 0.333. The Kier molecular flexibility index (Phi) is 6.46. The molecular formula is C14H24ClN3O2S. The summed E-state index contributed by atoms with van der Waals surface area (Å²) < 4.78 is 27.2. The molecule has 0 saturated heterocycles. The van der Waals surface area contributed by atoms with E-state index < -0.39 is 10.0 Å². The van der Waals surface area contributed by atoms with Crippen molar-refractivity contribution in [3.8, 4) is 0 Å². The highest BCUT2D eigenvalue weighted by Crippen LogP contribution is 2.28. The molecule has 0 bridgehead atoms. The number of rotatable bonds is 7. The summed E-state index contributed by atoms with van der Waals surface area (Å²) in [5, 5.41) is 0.377. The van der Waals surface area contributed by atoms with Crippen molar-refractivity contribution in [2.45, 2.75) is 25.2 Å². The largest absolute Gasteiger partial charge is 0.397 e. The smallest absolute Gasteiger partial charge is 0.243 e. The van der Waals surface area contributed by atoms with E-state index in [4.69, 9.17) is 17.3 Å². The third-order valence-corrected chi connectivity index (χ3v) is 5.55. The van der Waals surface area contributed by atoms with Gasteiger partial charge in [0, 0.05) is 19.6 Å². The quantitative estimate of drug-likeness (QED) is 0.777. The van der Waals surface area contributed by atoms with Gasteiger partial charge in [0.05, 0.1) is 15.6 Å². The zero-order chi connectivity index (χ0) is 16.2. The minimum atomic E-state index is -3.56.